The first kappa shape index (κ1) is 17.9. The van der Waals surface area contributed by atoms with Gasteiger partial charge < -0.3 is 10.1 Å². The molecule has 138 valence electrons. The van der Waals surface area contributed by atoms with Crippen LogP contribution in [0.4, 0.5) is 0 Å². The van der Waals surface area contributed by atoms with Gasteiger partial charge in [0.1, 0.15) is 10.8 Å². The molecule has 4 aromatic rings. The zero-order valence-electron chi connectivity index (χ0n) is 14.9. The number of nitrogens with zero attached hydrogens (tertiary/aromatic N) is 2. The molecule has 0 radical (unpaired) electrons. The lowest BCUT2D eigenvalue weighted by Gasteiger charge is -2.08. The molecule has 0 spiro atoms. The van der Waals surface area contributed by atoms with Crippen LogP contribution in [-0.2, 0) is 6.42 Å². The van der Waals surface area contributed by atoms with Crippen LogP contribution in [0.15, 0.2) is 72.5 Å². The van der Waals surface area contributed by atoms with E-state index in [1.807, 2.05) is 47.9 Å². The summed E-state index contributed by atoms with van der Waals surface area (Å²) < 4.78 is 0. The number of thiazole rings is 1. The number of H-pyrrole nitrogens is 1. The van der Waals surface area contributed by atoms with Crippen molar-refractivity contribution in [1.29, 1.82) is 0 Å². The van der Waals surface area contributed by atoms with Gasteiger partial charge in [0.15, 0.2) is 0 Å². The van der Waals surface area contributed by atoms with Gasteiger partial charge in [-0.1, -0.05) is 30.3 Å². The molecule has 0 amide bonds. The van der Waals surface area contributed by atoms with Crippen LogP contribution in [0.25, 0.3) is 22.8 Å². The van der Waals surface area contributed by atoms with Gasteiger partial charge in [0, 0.05) is 30.4 Å². The highest BCUT2D eigenvalue weighted by Gasteiger charge is 2.11. The first-order valence-electron chi connectivity index (χ1n) is 8.71. The summed E-state index contributed by atoms with van der Waals surface area (Å²) in [5, 5.41) is 12.4. The van der Waals surface area contributed by atoms with Crippen molar-refractivity contribution in [3.8, 4) is 11.1 Å². The van der Waals surface area contributed by atoms with Gasteiger partial charge in [0.2, 0.25) is 0 Å². The van der Waals surface area contributed by atoms with Gasteiger partial charge in [0.25, 0.3) is 0 Å². The van der Waals surface area contributed by atoms with Crippen LogP contribution in [0.3, 0.4) is 0 Å². The average molecular weight is 387 g/mol. The number of benzene rings is 2. The second-order valence-electron chi connectivity index (χ2n) is 6.23. The van der Waals surface area contributed by atoms with Crippen LogP contribution in [0, 0.1) is 0 Å². The number of hydrogen-bond acceptors (Lipinski definition) is 4. The van der Waals surface area contributed by atoms with Crippen LogP contribution >= 0.6 is 11.3 Å². The largest absolute Gasteiger partial charge is 0.478 e. The normalized spacial score (nSPS) is 11.5. The molecule has 0 saturated carbocycles. The van der Waals surface area contributed by atoms with Crippen molar-refractivity contribution in [3.05, 3.63) is 94.5 Å². The number of carboxylic acids is 1. The number of carboxylic acid groups (broad SMARTS) is 1. The Morgan fingerprint density at radius 2 is 1.93 bits per heavy atom. The number of rotatable bonds is 6. The van der Waals surface area contributed by atoms with E-state index in [4.69, 9.17) is 0 Å². The summed E-state index contributed by atoms with van der Waals surface area (Å²) >= 11 is 1.55. The molecule has 28 heavy (non-hydrogen) atoms. The molecule has 0 aliphatic heterocycles. The fourth-order valence-electron chi connectivity index (χ4n) is 3.00. The third-order valence-corrected chi connectivity index (χ3v) is 5.12. The molecule has 2 aromatic carbocycles. The summed E-state index contributed by atoms with van der Waals surface area (Å²) in [5.74, 6) is -0.117. The molecule has 0 aliphatic rings. The molecule has 0 aliphatic carbocycles. The maximum Gasteiger partial charge on any atom is 0.335 e. The number of nitrogens with one attached hydrogen (secondary N) is 1. The number of aromatic nitrogens is 3. The Hall–Kier alpha value is -3.51. The van der Waals surface area contributed by atoms with Crippen LogP contribution < -0.4 is 0 Å². The first-order valence-corrected chi connectivity index (χ1v) is 9.59. The van der Waals surface area contributed by atoms with Crippen molar-refractivity contribution >= 4 is 29.0 Å². The molecule has 5 nitrogen and oxygen atoms in total. The maximum atomic E-state index is 11.7. The van der Waals surface area contributed by atoms with Gasteiger partial charge in [0.05, 0.1) is 5.56 Å². The fraction of sp³-hybridized carbons (Fsp3) is 0.0455. The van der Waals surface area contributed by atoms with Gasteiger partial charge in [-0.25, -0.2) is 14.8 Å². The van der Waals surface area contributed by atoms with Crippen molar-refractivity contribution in [2.75, 3.05) is 0 Å². The SMILES string of the molecule is O=C(O)c1cc(C=C(Cc2ncc[nH]2)c2nccs2)cc(-c2ccccc2)c1. The van der Waals surface area contributed by atoms with E-state index in [0.717, 1.165) is 33.1 Å². The quantitative estimate of drug-likeness (QED) is 0.487. The standard InChI is InChI=1S/C22H17N3O2S/c26-22(27)19-12-15(10-17(13-19)16-4-2-1-3-5-16)11-18(21-25-8-9-28-21)14-20-23-6-7-24-20/h1-13H,14H2,(H,23,24)(H,26,27). The molecular formula is C22H17N3O2S. The highest BCUT2D eigenvalue weighted by atomic mass is 32.1. The highest BCUT2D eigenvalue weighted by Crippen LogP contribution is 2.27. The van der Waals surface area contributed by atoms with Crippen LogP contribution in [0.1, 0.15) is 26.8 Å². The number of allylic oxidation sites excluding steroid dienone is 1. The summed E-state index contributed by atoms with van der Waals surface area (Å²) in [6, 6.07) is 15.1. The van der Waals surface area contributed by atoms with Crippen LogP contribution in [0.5, 0.6) is 0 Å². The molecule has 2 heterocycles. The molecule has 0 atom stereocenters. The summed E-state index contributed by atoms with van der Waals surface area (Å²) in [6.45, 7) is 0. The van der Waals surface area contributed by atoms with E-state index in [-0.39, 0.29) is 5.56 Å². The zero-order valence-corrected chi connectivity index (χ0v) is 15.7. The van der Waals surface area contributed by atoms with Crippen LogP contribution in [-0.4, -0.2) is 26.0 Å². The van der Waals surface area contributed by atoms with Gasteiger partial charge in [-0.2, -0.15) is 0 Å². The van der Waals surface area contributed by atoms with E-state index in [1.54, 1.807) is 42.1 Å². The molecule has 0 saturated heterocycles. The minimum absolute atomic E-state index is 0.254. The van der Waals surface area contributed by atoms with Gasteiger partial charge in [-0.3, -0.25) is 0 Å². The Labute approximate surface area is 166 Å². The summed E-state index contributed by atoms with van der Waals surface area (Å²) in [6.07, 6.45) is 7.83. The van der Waals surface area contributed by atoms with Gasteiger partial charge >= 0.3 is 5.97 Å². The minimum atomic E-state index is -0.950. The van der Waals surface area contributed by atoms with E-state index in [0.29, 0.717) is 6.42 Å². The predicted molar refractivity (Wildman–Crippen MR) is 111 cm³/mol. The Morgan fingerprint density at radius 1 is 1.07 bits per heavy atom. The highest BCUT2D eigenvalue weighted by molar-refractivity contribution is 7.10. The molecule has 2 aromatic heterocycles. The van der Waals surface area contributed by atoms with Crippen molar-refractivity contribution in [2.45, 2.75) is 6.42 Å². The lowest BCUT2D eigenvalue weighted by Crippen LogP contribution is -1.98. The number of imidazole rings is 1. The van der Waals surface area contributed by atoms with Crippen molar-refractivity contribution in [1.82, 2.24) is 15.0 Å². The average Bonchev–Trinajstić information content (AvgIpc) is 3.42. The Balaban J connectivity index is 1.81. The Kier molecular flexibility index (Phi) is 5.12. The fourth-order valence-corrected chi connectivity index (χ4v) is 3.66. The topological polar surface area (TPSA) is 78.9 Å². The van der Waals surface area contributed by atoms with Crippen molar-refractivity contribution in [3.63, 3.8) is 0 Å². The summed E-state index contributed by atoms with van der Waals surface area (Å²) in [4.78, 5) is 23.5. The smallest absolute Gasteiger partial charge is 0.335 e. The number of aromatic amines is 1. The predicted octanol–water partition coefficient (Wildman–Crippen LogP) is 5.01. The zero-order chi connectivity index (χ0) is 19.3. The lowest BCUT2D eigenvalue weighted by molar-refractivity contribution is 0.0697. The van der Waals surface area contributed by atoms with Gasteiger partial charge in [-0.15, -0.1) is 11.3 Å². The number of aromatic carboxylic acids is 1. The van der Waals surface area contributed by atoms with E-state index < -0.39 is 5.97 Å². The molecule has 6 heteroatoms. The summed E-state index contributed by atoms with van der Waals surface area (Å²) in [5.41, 5.74) is 3.89. The molecule has 2 N–H and O–H groups in total. The monoisotopic (exact) mass is 387 g/mol. The molecule has 0 fully saturated rings. The molecule has 0 unspecified atom stereocenters. The van der Waals surface area contributed by atoms with Gasteiger partial charge in [-0.05, 0) is 46.5 Å². The lowest BCUT2D eigenvalue weighted by atomic mass is 9.98. The second kappa shape index (κ2) is 8.02. The molecule has 0 bridgehead atoms. The molecular weight excluding hydrogens is 370 g/mol. The Bertz CT molecular complexity index is 1100. The third-order valence-electron chi connectivity index (χ3n) is 4.27. The van der Waals surface area contributed by atoms with Crippen molar-refractivity contribution < 1.29 is 9.90 Å². The number of carbonyl (C=O) groups is 1. The second-order valence-corrected chi connectivity index (χ2v) is 7.13. The Morgan fingerprint density at radius 3 is 2.61 bits per heavy atom. The van der Waals surface area contributed by atoms with E-state index in [9.17, 15) is 9.90 Å². The first-order chi connectivity index (χ1) is 13.7. The molecule has 4 rings (SSSR count). The summed E-state index contributed by atoms with van der Waals surface area (Å²) in [7, 11) is 0. The number of hydrogen-bond donors (Lipinski definition) is 2. The maximum absolute atomic E-state index is 11.7. The van der Waals surface area contributed by atoms with E-state index in [2.05, 4.69) is 15.0 Å². The van der Waals surface area contributed by atoms with Crippen molar-refractivity contribution in [2.24, 2.45) is 0 Å². The minimum Gasteiger partial charge on any atom is -0.478 e. The van der Waals surface area contributed by atoms with E-state index in [1.165, 1.54) is 0 Å². The van der Waals surface area contributed by atoms with E-state index >= 15 is 0 Å². The third kappa shape index (κ3) is 4.07. The van der Waals surface area contributed by atoms with Crippen LogP contribution in [0.2, 0.25) is 0 Å².